The molecule has 0 radical (unpaired) electrons. The van der Waals surface area contributed by atoms with Gasteiger partial charge in [0, 0.05) is 13.2 Å². The van der Waals surface area contributed by atoms with Gasteiger partial charge in [-0.05, 0) is 6.92 Å². The quantitative estimate of drug-likeness (QED) is 0.621. The Morgan fingerprint density at radius 2 is 1.77 bits per heavy atom. The molecule has 1 aromatic heterocycles. The van der Waals surface area contributed by atoms with Crippen LogP contribution in [0.4, 0.5) is 13.2 Å². The van der Waals surface area contributed by atoms with Crippen molar-refractivity contribution in [2.24, 2.45) is 7.05 Å². The fourth-order valence-electron chi connectivity index (χ4n) is 0.695. The predicted molar refractivity (Wildman–Crippen MR) is 44.3 cm³/mol. The van der Waals surface area contributed by atoms with Gasteiger partial charge in [-0.2, -0.15) is 13.2 Å². The molecule has 0 N–H and O–H groups in total. The van der Waals surface area contributed by atoms with Crippen molar-refractivity contribution >= 4 is 0 Å². The molecule has 5 heteroatoms. The first-order chi connectivity index (χ1) is 5.91. The van der Waals surface area contributed by atoms with Gasteiger partial charge in [-0.25, -0.2) is 4.98 Å². The fraction of sp³-hybridized carbons (Fsp3) is 0.625. The zero-order valence-electron chi connectivity index (χ0n) is 8.11. The van der Waals surface area contributed by atoms with Crippen LogP contribution in [0.2, 0.25) is 0 Å². The first kappa shape index (κ1) is 12.0. The van der Waals surface area contributed by atoms with Crippen molar-refractivity contribution in [1.29, 1.82) is 0 Å². The molecular formula is C8H13F3N2. The number of halogens is 3. The minimum atomic E-state index is -4.33. The normalized spacial score (nSPS) is 10.7. The van der Waals surface area contributed by atoms with Crippen molar-refractivity contribution in [3.05, 3.63) is 17.7 Å². The fourth-order valence-corrected chi connectivity index (χ4v) is 0.695. The molecule has 0 unspecified atom stereocenters. The minimum absolute atomic E-state index is 0.359. The maximum atomic E-state index is 11.9. The van der Waals surface area contributed by atoms with Gasteiger partial charge in [0.1, 0.15) is 5.82 Å². The molecule has 1 heterocycles. The molecule has 0 aliphatic carbocycles. The summed E-state index contributed by atoms with van der Waals surface area (Å²) in [6, 6.07) is 0. The average Bonchev–Trinajstić information content (AvgIpc) is 2.35. The van der Waals surface area contributed by atoms with Crippen LogP contribution in [0.15, 0.2) is 6.20 Å². The second kappa shape index (κ2) is 4.30. The van der Waals surface area contributed by atoms with Crippen molar-refractivity contribution in [2.45, 2.75) is 26.9 Å². The summed E-state index contributed by atoms with van der Waals surface area (Å²) in [7, 11) is 1.53. The van der Waals surface area contributed by atoms with Crippen molar-refractivity contribution < 1.29 is 13.2 Å². The molecule has 0 aromatic carbocycles. The number of rotatable bonds is 0. The molecule has 1 rings (SSSR count). The number of hydrogen-bond acceptors (Lipinski definition) is 1. The lowest BCUT2D eigenvalue weighted by Crippen LogP contribution is -2.04. The second-order valence-corrected chi connectivity index (χ2v) is 2.28. The molecule has 0 bridgehead atoms. The van der Waals surface area contributed by atoms with Crippen molar-refractivity contribution in [3.63, 3.8) is 0 Å². The van der Waals surface area contributed by atoms with E-state index in [1.807, 2.05) is 13.8 Å². The smallest absolute Gasteiger partial charge is 0.338 e. The Morgan fingerprint density at radius 1 is 1.31 bits per heavy atom. The second-order valence-electron chi connectivity index (χ2n) is 2.28. The van der Waals surface area contributed by atoms with E-state index < -0.39 is 11.9 Å². The number of nitrogens with zero attached hydrogens (tertiary/aromatic N) is 2. The molecule has 1 aromatic rings. The van der Waals surface area contributed by atoms with Gasteiger partial charge in [-0.15, -0.1) is 0 Å². The summed E-state index contributed by atoms with van der Waals surface area (Å²) in [6.07, 6.45) is -3.36. The summed E-state index contributed by atoms with van der Waals surface area (Å²) in [5.41, 5.74) is -0.836. The Kier molecular flexibility index (Phi) is 3.97. The lowest BCUT2D eigenvalue weighted by molar-refractivity contribution is -0.141. The van der Waals surface area contributed by atoms with Crippen molar-refractivity contribution in [3.8, 4) is 0 Å². The zero-order chi connectivity index (χ0) is 10.6. The Balaban J connectivity index is 0.000000671. The Labute approximate surface area is 75.4 Å². The maximum absolute atomic E-state index is 11.9. The molecule has 0 fully saturated rings. The number of aromatic nitrogens is 2. The first-order valence-electron chi connectivity index (χ1n) is 3.98. The first-order valence-corrected chi connectivity index (χ1v) is 3.98. The zero-order valence-corrected chi connectivity index (χ0v) is 8.11. The molecule has 0 atom stereocenters. The predicted octanol–water partition coefficient (Wildman–Crippen LogP) is 2.77. The summed E-state index contributed by atoms with van der Waals surface area (Å²) >= 11 is 0. The van der Waals surface area contributed by atoms with E-state index in [9.17, 15) is 13.2 Å². The SMILES string of the molecule is CC.Cc1nc(C(F)(F)F)cn1C. The Morgan fingerprint density at radius 3 is 1.92 bits per heavy atom. The molecule has 13 heavy (non-hydrogen) atoms. The lowest BCUT2D eigenvalue weighted by atomic mass is 10.5. The highest BCUT2D eigenvalue weighted by Crippen LogP contribution is 2.27. The van der Waals surface area contributed by atoms with E-state index in [1.54, 1.807) is 0 Å². The highest BCUT2D eigenvalue weighted by atomic mass is 19.4. The lowest BCUT2D eigenvalue weighted by Gasteiger charge is -1.98. The number of imidazole rings is 1. The largest absolute Gasteiger partial charge is 0.434 e. The van der Waals surface area contributed by atoms with E-state index in [2.05, 4.69) is 4.98 Å². The molecule has 0 saturated heterocycles. The number of hydrogen-bond donors (Lipinski definition) is 0. The van der Waals surface area contributed by atoms with Gasteiger partial charge in [0.05, 0.1) is 0 Å². The third-order valence-electron chi connectivity index (χ3n) is 1.40. The molecule has 0 saturated carbocycles. The van der Waals surface area contributed by atoms with Gasteiger partial charge in [0.2, 0.25) is 0 Å². The van der Waals surface area contributed by atoms with Crippen LogP contribution in [0, 0.1) is 6.92 Å². The highest BCUT2D eigenvalue weighted by Gasteiger charge is 2.33. The topological polar surface area (TPSA) is 17.8 Å². The van der Waals surface area contributed by atoms with Crippen LogP contribution >= 0.6 is 0 Å². The van der Waals surface area contributed by atoms with E-state index >= 15 is 0 Å². The summed E-state index contributed by atoms with van der Waals surface area (Å²) < 4.78 is 37.1. The Hall–Kier alpha value is -1.00. The van der Waals surface area contributed by atoms with Crippen molar-refractivity contribution in [1.82, 2.24) is 9.55 Å². The number of aryl methyl sites for hydroxylation is 2. The minimum Gasteiger partial charge on any atom is -0.338 e. The van der Waals surface area contributed by atoms with E-state index in [-0.39, 0.29) is 0 Å². The standard InChI is InChI=1S/C6H7F3N2.C2H6/c1-4-10-5(3-11(4)2)6(7,8)9;1-2/h3H,1-2H3;1-2H3. The third-order valence-corrected chi connectivity index (χ3v) is 1.40. The van der Waals surface area contributed by atoms with Crippen LogP contribution in [-0.2, 0) is 13.2 Å². The van der Waals surface area contributed by atoms with E-state index in [1.165, 1.54) is 18.5 Å². The van der Waals surface area contributed by atoms with Gasteiger partial charge in [-0.3, -0.25) is 0 Å². The highest BCUT2D eigenvalue weighted by molar-refractivity contribution is 5.05. The molecule has 0 aliphatic heterocycles. The summed E-state index contributed by atoms with van der Waals surface area (Å²) in [6.45, 7) is 5.52. The molecule has 0 aliphatic rings. The maximum Gasteiger partial charge on any atom is 0.434 e. The Bertz CT molecular complexity index is 243. The number of alkyl halides is 3. The average molecular weight is 194 g/mol. The van der Waals surface area contributed by atoms with Gasteiger partial charge in [-0.1, -0.05) is 13.8 Å². The van der Waals surface area contributed by atoms with Crippen LogP contribution in [-0.4, -0.2) is 9.55 Å². The van der Waals surface area contributed by atoms with Crippen molar-refractivity contribution in [2.75, 3.05) is 0 Å². The summed E-state index contributed by atoms with van der Waals surface area (Å²) in [5.74, 6) is 0.359. The van der Waals surface area contributed by atoms with Crippen LogP contribution in [0.5, 0.6) is 0 Å². The third kappa shape index (κ3) is 3.08. The van der Waals surface area contributed by atoms with E-state index in [0.717, 1.165) is 6.20 Å². The molecule has 76 valence electrons. The van der Waals surface area contributed by atoms with Crippen LogP contribution in [0.25, 0.3) is 0 Å². The summed E-state index contributed by atoms with van der Waals surface area (Å²) in [4.78, 5) is 3.32. The van der Waals surface area contributed by atoms with Gasteiger partial charge in [0.15, 0.2) is 5.69 Å². The van der Waals surface area contributed by atoms with Gasteiger partial charge >= 0.3 is 6.18 Å². The summed E-state index contributed by atoms with van der Waals surface area (Å²) in [5, 5.41) is 0. The van der Waals surface area contributed by atoms with E-state index in [0.29, 0.717) is 5.82 Å². The monoisotopic (exact) mass is 194 g/mol. The van der Waals surface area contributed by atoms with Gasteiger partial charge in [0.25, 0.3) is 0 Å². The molecule has 2 nitrogen and oxygen atoms in total. The van der Waals surface area contributed by atoms with E-state index in [4.69, 9.17) is 0 Å². The van der Waals surface area contributed by atoms with Gasteiger partial charge < -0.3 is 4.57 Å². The molecular weight excluding hydrogens is 181 g/mol. The van der Waals surface area contributed by atoms with Crippen LogP contribution in [0.3, 0.4) is 0 Å². The van der Waals surface area contributed by atoms with Crippen LogP contribution in [0.1, 0.15) is 25.4 Å². The molecule has 0 amide bonds. The molecule has 0 spiro atoms. The van der Waals surface area contributed by atoms with Crippen LogP contribution < -0.4 is 0 Å².